The van der Waals surface area contributed by atoms with E-state index in [0.717, 1.165) is 36.5 Å². The molecule has 156 valence electrons. The number of aryl methyl sites for hydroxylation is 1. The summed E-state index contributed by atoms with van der Waals surface area (Å²) in [6, 6.07) is 7.05. The van der Waals surface area contributed by atoms with E-state index in [2.05, 4.69) is 6.08 Å². The van der Waals surface area contributed by atoms with Crippen molar-refractivity contribution in [3.63, 3.8) is 0 Å². The molecule has 28 heavy (non-hydrogen) atoms. The van der Waals surface area contributed by atoms with Crippen LogP contribution in [0, 0.1) is 29.5 Å². The molecule has 0 N–H and O–H groups in total. The average molecular weight is 389 g/mol. The molecule has 2 saturated carbocycles. The lowest BCUT2D eigenvalue weighted by Gasteiger charge is -2.38. The van der Waals surface area contributed by atoms with Gasteiger partial charge in [0.15, 0.2) is 0 Å². The van der Waals surface area contributed by atoms with Gasteiger partial charge in [-0.25, -0.2) is 4.39 Å². The summed E-state index contributed by atoms with van der Waals surface area (Å²) < 4.78 is 25.1. The van der Waals surface area contributed by atoms with Gasteiger partial charge in [0.1, 0.15) is 5.82 Å². The standard InChI is InChI=1S/C26H38F2/c27-20-4-2-1-3-5-21-8-14-24(15-9-21)25-16-10-22(11-17-25)6-7-23-12-18-26(28)19-13-23/h1-2,12-13,18-19,21-22,24-25H,3-11,14-17,20H2/b2-1+/t21-,22?,24-,25?. The Morgan fingerprint density at radius 1 is 0.714 bits per heavy atom. The number of benzene rings is 1. The number of allylic oxidation sites excluding steroid dienone is 2. The molecule has 3 rings (SSSR count). The van der Waals surface area contributed by atoms with Crippen LogP contribution >= 0.6 is 0 Å². The van der Waals surface area contributed by atoms with E-state index in [-0.39, 0.29) is 12.5 Å². The molecule has 2 fully saturated rings. The smallest absolute Gasteiger partial charge is 0.123 e. The number of halogens is 2. The quantitative estimate of drug-likeness (QED) is 0.375. The van der Waals surface area contributed by atoms with Gasteiger partial charge in [-0.05, 0) is 99.2 Å². The molecule has 0 aromatic heterocycles. The molecule has 0 amide bonds. The first-order valence-electron chi connectivity index (χ1n) is 11.7. The summed E-state index contributed by atoms with van der Waals surface area (Å²) in [5.74, 6) is 3.57. The molecular formula is C26H38F2. The average Bonchev–Trinajstić information content (AvgIpc) is 2.74. The van der Waals surface area contributed by atoms with E-state index in [9.17, 15) is 8.78 Å². The monoisotopic (exact) mass is 388 g/mol. The van der Waals surface area contributed by atoms with Gasteiger partial charge in [0.2, 0.25) is 0 Å². The Morgan fingerprint density at radius 3 is 1.82 bits per heavy atom. The van der Waals surface area contributed by atoms with Crippen molar-refractivity contribution in [2.24, 2.45) is 23.7 Å². The van der Waals surface area contributed by atoms with Gasteiger partial charge < -0.3 is 0 Å². The molecule has 1 aromatic carbocycles. The normalized spacial score (nSPS) is 28.6. The molecule has 0 atom stereocenters. The minimum absolute atomic E-state index is 0.132. The second kappa shape index (κ2) is 11.7. The van der Waals surface area contributed by atoms with Crippen LogP contribution in [0.4, 0.5) is 8.78 Å². The first-order valence-corrected chi connectivity index (χ1v) is 11.7. The topological polar surface area (TPSA) is 0 Å². The molecule has 0 aliphatic heterocycles. The number of hydrogen-bond acceptors (Lipinski definition) is 0. The van der Waals surface area contributed by atoms with Gasteiger partial charge in [-0.3, -0.25) is 4.39 Å². The van der Waals surface area contributed by atoms with Crippen molar-refractivity contribution in [2.75, 3.05) is 6.67 Å². The van der Waals surface area contributed by atoms with E-state index in [1.54, 1.807) is 12.1 Å². The Balaban J connectivity index is 1.29. The lowest BCUT2D eigenvalue weighted by Crippen LogP contribution is -2.26. The molecule has 1 aromatic rings. The van der Waals surface area contributed by atoms with E-state index in [1.807, 2.05) is 18.2 Å². The van der Waals surface area contributed by atoms with Crippen LogP contribution in [0.1, 0.15) is 82.6 Å². The summed E-state index contributed by atoms with van der Waals surface area (Å²) in [7, 11) is 0. The first-order chi connectivity index (χ1) is 13.7. The Bertz CT molecular complexity index is 561. The molecule has 0 nitrogen and oxygen atoms in total. The van der Waals surface area contributed by atoms with Crippen LogP contribution in [-0.4, -0.2) is 6.67 Å². The zero-order chi connectivity index (χ0) is 19.6. The molecule has 2 aliphatic rings. The number of alkyl halides is 1. The highest BCUT2D eigenvalue weighted by Crippen LogP contribution is 2.43. The highest BCUT2D eigenvalue weighted by atomic mass is 19.1. The molecule has 0 spiro atoms. The van der Waals surface area contributed by atoms with Gasteiger partial charge in [0, 0.05) is 0 Å². The van der Waals surface area contributed by atoms with E-state index in [0.29, 0.717) is 6.42 Å². The Morgan fingerprint density at radius 2 is 1.25 bits per heavy atom. The largest absolute Gasteiger partial charge is 0.251 e. The number of rotatable bonds is 9. The SMILES string of the molecule is FCC/C=C/CC[C@H]1CC[C@H](C2CCC(CCc3ccc(F)cc3)CC2)CC1. The minimum atomic E-state index is -0.226. The summed E-state index contributed by atoms with van der Waals surface area (Å²) in [4.78, 5) is 0. The summed E-state index contributed by atoms with van der Waals surface area (Å²) in [6.07, 6.45) is 20.9. The minimum Gasteiger partial charge on any atom is -0.251 e. The third kappa shape index (κ3) is 7.01. The Hall–Kier alpha value is -1.18. The predicted molar refractivity (Wildman–Crippen MR) is 115 cm³/mol. The van der Waals surface area contributed by atoms with Crippen LogP contribution in [0.15, 0.2) is 36.4 Å². The van der Waals surface area contributed by atoms with Crippen LogP contribution < -0.4 is 0 Å². The lowest BCUT2D eigenvalue weighted by molar-refractivity contribution is 0.141. The van der Waals surface area contributed by atoms with Crippen molar-refractivity contribution in [1.82, 2.24) is 0 Å². The van der Waals surface area contributed by atoms with Gasteiger partial charge >= 0.3 is 0 Å². The third-order valence-corrected chi connectivity index (χ3v) is 7.39. The van der Waals surface area contributed by atoms with E-state index in [4.69, 9.17) is 0 Å². The summed E-state index contributed by atoms with van der Waals surface area (Å²) in [5, 5.41) is 0. The van der Waals surface area contributed by atoms with Crippen molar-refractivity contribution >= 4 is 0 Å². The molecule has 0 heterocycles. The highest BCUT2D eigenvalue weighted by Gasteiger charge is 2.30. The molecule has 0 saturated heterocycles. The predicted octanol–water partition coefficient (Wildman–Crippen LogP) is 8.07. The van der Waals surface area contributed by atoms with Gasteiger partial charge in [-0.15, -0.1) is 0 Å². The maximum Gasteiger partial charge on any atom is 0.123 e. The van der Waals surface area contributed by atoms with Crippen LogP contribution in [0.5, 0.6) is 0 Å². The third-order valence-electron chi connectivity index (χ3n) is 7.39. The highest BCUT2D eigenvalue weighted by molar-refractivity contribution is 5.16. The van der Waals surface area contributed by atoms with Crippen molar-refractivity contribution < 1.29 is 8.78 Å². The first kappa shape index (κ1) is 21.5. The fourth-order valence-corrected chi connectivity index (χ4v) is 5.55. The van der Waals surface area contributed by atoms with Crippen LogP contribution in [0.2, 0.25) is 0 Å². The van der Waals surface area contributed by atoms with Gasteiger partial charge in [-0.1, -0.05) is 50.0 Å². The maximum atomic E-state index is 13.0. The molecular weight excluding hydrogens is 350 g/mol. The molecule has 0 radical (unpaired) electrons. The van der Waals surface area contributed by atoms with Gasteiger partial charge in [0.25, 0.3) is 0 Å². The maximum absolute atomic E-state index is 13.0. The zero-order valence-corrected chi connectivity index (χ0v) is 17.4. The van der Waals surface area contributed by atoms with Crippen molar-refractivity contribution in [1.29, 1.82) is 0 Å². The lowest BCUT2D eigenvalue weighted by atomic mass is 9.68. The van der Waals surface area contributed by atoms with E-state index >= 15 is 0 Å². The second-order valence-corrected chi connectivity index (χ2v) is 9.25. The summed E-state index contributed by atoms with van der Waals surface area (Å²) >= 11 is 0. The van der Waals surface area contributed by atoms with Crippen LogP contribution in [0.3, 0.4) is 0 Å². The fraction of sp³-hybridized carbons (Fsp3) is 0.692. The van der Waals surface area contributed by atoms with Crippen molar-refractivity contribution in [2.45, 2.75) is 83.5 Å². The molecule has 2 aliphatic carbocycles. The number of hydrogen-bond donors (Lipinski definition) is 0. The van der Waals surface area contributed by atoms with Crippen LogP contribution in [-0.2, 0) is 6.42 Å². The zero-order valence-electron chi connectivity index (χ0n) is 17.4. The Kier molecular flexibility index (Phi) is 9.02. The van der Waals surface area contributed by atoms with Gasteiger partial charge in [0.05, 0.1) is 6.67 Å². The molecule has 2 heteroatoms. The Labute approximate surface area is 170 Å². The second-order valence-electron chi connectivity index (χ2n) is 9.25. The van der Waals surface area contributed by atoms with Crippen LogP contribution in [0.25, 0.3) is 0 Å². The van der Waals surface area contributed by atoms with E-state index < -0.39 is 0 Å². The van der Waals surface area contributed by atoms with Crippen molar-refractivity contribution in [3.05, 3.63) is 47.8 Å². The molecule has 0 unspecified atom stereocenters. The molecule has 0 bridgehead atoms. The fourth-order valence-electron chi connectivity index (χ4n) is 5.55. The summed E-state index contributed by atoms with van der Waals surface area (Å²) in [5.41, 5.74) is 1.28. The van der Waals surface area contributed by atoms with Crippen molar-refractivity contribution in [3.8, 4) is 0 Å². The summed E-state index contributed by atoms with van der Waals surface area (Å²) in [6.45, 7) is -0.226. The van der Waals surface area contributed by atoms with E-state index in [1.165, 1.54) is 69.8 Å². The van der Waals surface area contributed by atoms with Gasteiger partial charge in [-0.2, -0.15) is 0 Å².